The molecule has 0 heterocycles. The Balaban J connectivity index is 1.77. The number of aromatic hydroxyl groups is 2. The summed E-state index contributed by atoms with van der Waals surface area (Å²) >= 11 is 0. The van der Waals surface area contributed by atoms with Gasteiger partial charge in [-0.2, -0.15) is 0 Å². The fraction of sp³-hybridized carbons (Fsp3) is 0.538. The highest BCUT2D eigenvalue weighted by molar-refractivity contribution is 5.43. The Bertz CT molecular complexity index is 820. The van der Waals surface area contributed by atoms with E-state index >= 15 is 0 Å². The maximum Gasteiger partial charge on any atom is 0.122 e. The summed E-state index contributed by atoms with van der Waals surface area (Å²) < 4.78 is 0. The number of nitrogens with zero attached hydrogens (tertiary/aromatic N) is 2. The van der Waals surface area contributed by atoms with Gasteiger partial charge < -0.3 is 10.2 Å². The van der Waals surface area contributed by atoms with Crippen LogP contribution < -0.4 is 0 Å². The van der Waals surface area contributed by atoms with E-state index in [-0.39, 0.29) is 0 Å². The van der Waals surface area contributed by atoms with Crippen molar-refractivity contribution >= 4 is 0 Å². The average molecular weight is 411 g/mol. The molecule has 0 aliphatic heterocycles. The molecule has 2 atom stereocenters. The molecule has 0 spiro atoms. The summed E-state index contributed by atoms with van der Waals surface area (Å²) in [6.45, 7) is 9.61. The molecule has 1 fully saturated rings. The minimum Gasteiger partial charge on any atom is -0.507 e. The summed E-state index contributed by atoms with van der Waals surface area (Å²) in [5.74, 6) is 0.849. The van der Waals surface area contributed by atoms with Crippen molar-refractivity contribution in [3.8, 4) is 11.5 Å². The van der Waals surface area contributed by atoms with Crippen LogP contribution in [0.15, 0.2) is 24.3 Å². The van der Waals surface area contributed by atoms with E-state index < -0.39 is 0 Å². The second-order valence-corrected chi connectivity index (χ2v) is 9.43. The number of hydrogen-bond donors (Lipinski definition) is 2. The van der Waals surface area contributed by atoms with Crippen LogP contribution >= 0.6 is 0 Å². The summed E-state index contributed by atoms with van der Waals surface area (Å²) in [5.41, 5.74) is 6.29. The molecule has 4 nitrogen and oxygen atoms in total. The molecule has 0 aromatic heterocycles. The number of benzene rings is 2. The van der Waals surface area contributed by atoms with E-state index in [1.807, 2.05) is 26.0 Å². The van der Waals surface area contributed by atoms with Crippen molar-refractivity contribution in [2.24, 2.45) is 0 Å². The van der Waals surface area contributed by atoms with Gasteiger partial charge in [-0.15, -0.1) is 0 Å². The molecule has 1 aliphatic rings. The zero-order valence-corrected chi connectivity index (χ0v) is 19.5. The highest BCUT2D eigenvalue weighted by Crippen LogP contribution is 2.32. The van der Waals surface area contributed by atoms with Crippen LogP contribution in [0.25, 0.3) is 0 Å². The SMILES string of the molecule is Cc1cc(C)c(O)c(CN(C)C2CCCCC2N(C)Cc2cc(C)cc(C)c2O)c1. The molecule has 2 N–H and O–H groups in total. The first-order chi connectivity index (χ1) is 14.2. The van der Waals surface area contributed by atoms with Gasteiger partial charge in [-0.1, -0.05) is 48.2 Å². The fourth-order valence-corrected chi connectivity index (χ4v) is 5.23. The Labute approximate surface area is 182 Å². The van der Waals surface area contributed by atoms with Crippen LogP contribution in [0.1, 0.15) is 59.1 Å². The first-order valence-corrected chi connectivity index (χ1v) is 11.2. The average Bonchev–Trinajstić information content (AvgIpc) is 2.69. The molecule has 3 rings (SSSR count). The maximum absolute atomic E-state index is 10.6. The van der Waals surface area contributed by atoms with Crippen LogP contribution in [0.3, 0.4) is 0 Å². The standard InChI is InChI=1S/C26H38N2O2/c1-17-11-19(3)25(29)21(13-17)15-27(5)23-9-7-8-10-24(23)28(6)16-22-14-18(2)12-20(4)26(22)30/h11-14,23-24,29-30H,7-10,15-16H2,1-6H3. The van der Waals surface area contributed by atoms with Crippen molar-refractivity contribution in [3.05, 3.63) is 57.6 Å². The van der Waals surface area contributed by atoms with Crippen molar-refractivity contribution in [1.29, 1.82) is 0 Å². The van der Waals surface area contributed by atoms with Crippen LogP contribution in [0.4, 0.5) is 0 Å². The fourth-order valence-electron chi connectivity index (χ4n) is 5.23. The zero-order chi connectivity index (χ0) is 22.0. The van der Waals surface area contributed by atoms with Gasteiger partial charge in [0, 0.05) is 36.3 Å². The monoisotopic (exact) mass is 410 g/mol. The van der Waals surface area contributed by atoms with E-state index in [0.717, 1.165) is 48.2 Å². The number of aryl methyl sites for hydroxylation is 4. The number of phenolic OH excluding ortho intramolecular Hbond substituents is 2. The van der Waals surface area contributed by atoms with Crippen LogP contribution in [0.2, 0.25) is 0 Å². The molecular formula is C26H38N2O2. The Kier molecular flexibility index (Phi) is 7.10. The quantitative estimate of drug-likeness (QED) is 0.687. The van der Waals surface area contributed by atoms with E-state index in [2.05, 4.69) is 49.9 Å². The number of phenols is 2. The minimum absolute atomic E-state index is 0.424. The van der Waals surface area contributed by atoms with Crippen molar-refractivity contribution in [3.63, 3.8) is 0 Å². The number of hydrogen-bond acceptors (Lipinski definition) is 4. The third-order valence-corrected chi connectivity index (χ3v) is 6.71. The Morgan fingerprint density at radius 1 is 0.700 bits per heavy atom. The van der Waals surface area contributed by atoms with Gasteiger partial charge in [0.15, 0.2) is 0 Å². The molecule has 1 saturated carbocycles. The van der Waals surface area contributed by atoms with Crippen molar-refractivity contribution < 1.29 is 10.2 Å². The number of likely N-dealkylation sites (N-methyl/N-ethyl adjacent to an activating group) is 2. The summed E-state index contributed by atoms with van der Waals surface area (Å²) in [5, 5.41) is 21.1. The molecule has 1 aliphatic carbocycles. The lowest BCUT2D eigenvalue weighted by atomic mass is 9.87. The Morgan fingerprint density at radius 2 is 1.07 bits per heavy atom. The van der Waals surface area contributed by atoms with E-state index in [9.17, 15) is 10.2 Å². The molecule has 0 radical (unpaired) electrons. The second-order valence-electron chi connectivity index (χ2n) is 9.43. The van der Waals surface area contributed by atoms with Crippen molar-refractivity contribution in [2.45, 2.75) is 78.6 Å². The highest BCUT2D eigenvalue weighted by atomic mass is 16.3. The third kappa shape index (κ3) is 4.98. The minimum atomic E-state index is 0.424. The molecule has 30 heavy (non-hydrogen) atoms. The van der Waals surface area contributed by atoms with E-state index in [1.165, 1.54) is 24.0 Å². The Morgan fingerprint density at radius 3 is 1.43 bits per heavy atom. The normalized spacial score (nSPS) is 19.6. The summed E-state index contributed by atoms with van der Waals surface area (Å²) in [6, 6.07) is 9.13. The second kappa shape index (κ2) is 9.40. The smallest absolute Gasteiger partial charge is 0.122 e. The maximum atomic E-state index is 10.6. The summed E-state index contributed by atoms with van der Waals surface area (Å²) in [6.07, 6.45) is 4.81. The van der Waals surface area contributed by atoms with Crippen molar-refractivity contribution in [1.82, 2.24) is 9.80 Å². The molecule has 2 aromatic carbocycles. The van der Waals surface area contributed by atoms with Gasteiger partial charge in [-0.05, 0) is 65.8 Å². The van der Waals surface area contributed by atoms with E-state index in [1.54, 1.807) is 0 Å². The lowest BCUT2D eigenvalue weighted by molar-refractivity contribution is 0.0685. The van der Waals surface area contributed by atoms with Crippen LogP contribution in [0, 0.1) is 27.7 Å². The molecule has 4 heteroatoms. The third-order valence-electron chi connectivity index (χ3n) is 6.71. The molecule has 2 unspecified atom stereocenters. The summed E-state index contributed by atoms with van der Waals surface area (Å²) in [7, 11) is 4.37. The van der Waals surface area contributed by atoms with Crippen LogP contribution in [-0.4, -0.2) is 46.2 Å². The molecule has 0 saturated heterocycles. The predicted molar refractivity (Wildman–Crippen MR) is 124 cm³/mol. The molecule has 2 aromatic rings. The van der Waals surface area contributed by atoms with Gasteiger partial charge >= 0.3 is 0 Å². The van der Waals surface area contributed by atoms with Crippen molar-refractivity contribution in [2.75, 3.05) is 14.1 Å². The van der Waals surface area contributed by atoms with Gasteiger partial charge in [0.05, 0.1) is 0 Å². The van der Waals surface area contributed by atoms with Crippen LogP contribution in [-0.2, 0) is 13.1 Å². The van der Waals surface area contributed by atoms with E-state index in [4.69, 9.17) is 0 Å². The predicted octanol–water partition coefficient (Wildman–Crippen LogP) is 5.21. The molecular weight excluding hydrogens is 372 g/mol. The lowest BCUT2D eigenvalue weighted by Gasteiger charge is -2.43. The lowest BCUT2D eigenvalue weighted by Crippen LogP contribution is -2.50. The van der Waals surface area contributed by atoms with Gasteiger partial charge in [-0.3, -0.25) is 9.80 Å². The first kappa shape index (κ1) is 22.6. The first-order valence-electron chi connectivity index (χ1n) is 11.2. The Hall–Kier alpha value is -2.04. The van der Waals surface area contributed by atoms with Gasteiger partial charge in [0.2, 0.25) is 0 Å². The van der Waals surface area contributed by atoms with E-state index in [0.29, 0.717) is 23.6 Å². The van der Waals surface area contributed by atoms with Gasteiger partial charge in [0.1, 0.15) is 11.5 Å². The summed E-state index contributed by atoms with van der Waals surface area (Å²) in [4.78, 5) is 4.82. The largest absolute Gasteiger partial charge is 0.507 e. The van der Waals surface area contributed by atoms with Crippen LogP contribution in [0.5, 0.6) is 11.5 Å². The van der Waals surface area contributed by atoms with Gasteiger partial charge in [-0.25, -0.2) is 0 Å². The molecule has 0 amide bonds. The van der Waals surface area contributed by atoms with Gasteiger partial charge in [0.25, 0.3) is 0 Å². The molecule has 164 valence electrons. The zero-order valence-electron chi connectivity index (χ0n) is 19.5. The number of rotatable bonds is 6. The topological polar surface area (TPSA) is 46.9 Å². The molecule has 0 bridgehead atoms. The highest BCUT2D eigenvalue weighted by Gasteiger charge is 2.32.